The fourth-order valence-corrected chi connectivity index (χ4v) is 4.92. The molecule has 1 aromatic heterocycles. The predicted octanol–water partition coefficient (Wildman–Crippen LogP) is 4.01. The molecule has 190 valence electrons. The van der Waals surface area contributed by atoms with Crippen LogP contribution in [0, 0.1) is 5.92 Å². The maximum atomic E-state index is 13.3. The molecular formula is C26H30F2N6O2. The van der Waals surface area contributed by atoms with Crippen LogP contribution in [-0.2, 0) is 9.53 Å². The zero-order chi connectivity index (χ0) is 25.2. The minimum atomic E-state index is -2.59. The van der Waals surface area contributed by atoms with Crippen LogP contribution in [0.25, 0.3) is 10.9 Å². The summed E-state index contributed by atoms with van der Waals surface area (Å²) in [4.78, 5) is 16.9. The number of halogens is 2. The highest BCUT2D eigenvalue weighted by Gasteiger charge is 2.30. The molecule has 2 saturated heterocycles. The van der Waals surface area contributed by atoms with Gasteiger partial charge in [-0.2, -0.15) is 10.2 Å². The predicted molar refractivity (Wildman–Crippen MR) is 135 cm³/mol. The van der Waals surface area contributed by atoms with Crippen molar-refractivity contribution < 1.29 is 18.3 Å². The molecule has 2 aliphatic rings. The Balaban J connectivity index is 1.32. The van der Waals surface area contributed by atoms with E-state index in [1.807, 2.05) is 24.0 Å². The number of ether oxygens (including phenoxy) is 1. The summed E-state index contributed by atoms with van der Waals surface area (Å²) in [6.07, 6.45) is -0.144. The van der Waals surface area contributed by atoms with E-state index < -0.39 is 6.43 Å². The number of benzene rings is 2. The molecule has 1 amide bonds. The third kappa shape index (κ3) is 5.04. The Hall–Kier alpha value is -3.53. The van der Waals surface area contributed by atoms with Crippen LogP contribution >= 0.6 is 0 Å². The number of hydrogen-bond donors (Lipinski definition) is 2. The molecule has 3 aromatic rings. The van der Waals surface area contributed by atoms with E-state index in [9.17, 15) is 13.6 Å². The van der Waals surface area contributed by atoms with E-state index in [1.165, 1.54) is 12.1 Å². The Morgan fingerprint density at radius 2 is 1.92 bits per heavy atom. The van der Waals surface area contributed by atoms with E-state index in [1.54, 1.807) is 12.3 Å². The van der Waals surface area contributed by atoms with E-state index in [2.05, 4.69) is 26.5 Å². The van der Waals surface area contributed by atoms with Crippen molar-refractivity contribution in [1.82, 2.24) is 15.1 Å². The number of nitrogen functional groups attached to an aromatic ring is 1. The van der Waals surface area contributed by atoms with Gasteiger partial charge in [0.15, 0.2) is 0 Å². The van der Waals surface area contributed by atoms with Crippen LogP contribution in [0.1, 0.15) is 36.9 Å². The first-order chi connectivity index (χ1) is 17.4. The van der Waals surface area contributed by atoms with Gasteiger partial charge in [-0.05, 0) is 55.3 Å². The average Bonchev–Trinajstić information content (AvgIpc) is 3.43. The number of carbonyl (C=O) groups is 1. The topological polar surface area (TPSA) is 96.6 Å². The van der Waals surface area contributed by atoms with Gasteiger partial charge in [0.05, 0.1) is 29.9 Å². The molecule has 3 heterocycles. The van der Waals surface area contributed by atoms with Gasteiger partial charge in [0.1, 0.15) is 0 Å². The number of hydrogen-bond acceptors (Lipinski definition) is 7. The molecule has 1 unspecified atom stereocenters. The van der Waals surface area contributed by atoms with E-state index in [0.717, 1.165) is 41.8 Å². The minimum Gasteiger partial charge on any atom is -0.399 e. The highest BCUT2D eigenvalue weighted by atomic mass is 19.3. The Kier molecular flexibility index (Phi) is 6.86. The second-order valence-electron chi connectivity index (χ2n) is 9.43. The summed E-state index contributed by atoms with van der Waals surface area (Å²) in [5.74, 6) is 0.182. The van der Waals surface area contributed by atoms with E-state index in [0.29, 0.717) is 37.6 Å². The zero-order valence-corrected chi connectivity index (χ0v) is 20.2. The smallest absolute Gasteiger partial charge is 0.263 e. The lowest BCUT2D eigenvalue weighted by atomic mass is 10.0. The van der Waals surface area contributed by atoms with Gasteiger partial charge in [0.25, 0.3) is 6.43 Å². The molecule has 2 aliphatic heterocycles. The number of amides is 1. The summed E-state index contributed by atoms with van der Waals surface area (Å²) in [6, 6.07) is 10.2. The van der Waals surface area contributed by atoms with E-state index in [-0.39, 0.29) is 23.4 Å². The minimum absolute atomic E-state index is 0.0110. The van der Waals surface area contributed by atoms with Gasteiger partial charge in [-0.25, -0.2) is 8.78 Å². The molecule has 8 nitrogen and oxygen atoms in total. The number of aromatic nitrogens is 2. The standard InChI is InChI=1S/C26H30F2N6O2/c1-16(18-10-19(25(27)28)12-20(29)11-18)31-24-14-30-32-23-3-2-21(13-22(23)24)33-5-7-34(8-6-33)26(35)17-4-9-36-15-17/h2-3,10-14,16-17,25H,4-9,15,29H2,1H3,(H,31,32)/t16-,17?/m1/s1. The van der Waals surface area contributed by atoms with Crippen LogP contribution < -0.4 is 16.0 Å². The first kappa shape index (κ1) is 24.2. The van der Waals surface area contributed by atoms with Gasteiger partial charge in [-0.3, -0.25) is 4.79 Å². The third-order valence-corrected chi connectivity index (χ3v) is 6.98. The molecule has 36 heavy (non-hydrogen) atoms. The summed E-state index contributed by atoms with van der Waals surface area (Å²) in [6.45, 7) is 5.91. The number of anilines is 3. The molecule has 3 N–H and O–H groups in total. The van der Waals surface area contributed by atoms with Gasteiger partial charge in [0.2, 0.25) is 5.91 Å². The SMILES string of the molecule is C[C@@H](Nc1cnnc2ccc(N3CCN(C(=O)C4CCOC4)CC3)cc12)c1cc(N)cc(C(F)F)c1. The van der Waals surface area contributed by atoms with Crippen molar-refractivity contribution in [3.63, 3.8) is 0 Å². The van der Waals surface area contributed by atoms with Crippen molar-refractivity contribution in [2.75, 3.05) is 55.3 Å². The lowest BCUT2D eigenvalue weighted by molar-refractivity contribution is -0.135. The molecular weight excluding hydrogens is 466 g/mol. The van der Waals surface area contributed by atoms with Gasteiger partial charge >= 0.3 is 0 Å². The van der Waals surface area contributed by atoms with Crippen molar-refractivity contribution >= 4 is 33.9 Å². The highest BCUT2D eigenvalue weighted by molar-refractivity contribution is 5.93. The van der Waals surface area contributed by atoms with Crippen LogP contribution in [0.5, 0.6) is 0 Å². The van der Waals surface area contributed by atoms with Crippen molar-refractivity contribution in [2.45, 2.75) is 25.8 Å². The second-order valence-corrected chi connectivity index (χ2v) is 9.43. The molecule has 0 aliphatic carbocycles. The number of rotatable bonds is 6. The normalized spacial score (nSPS) is 19.2. The molecule has 0 radical (unpaired) electrons. The van der Waals surface area contributed by atoms with Crippen LogP contribution in [0.3, 0.4) is 0 Å². The summed E-state index contributed by atoms with van der Waals surface area (Å²) < 4.78 is 31.9. The largest absolute Gasteiger partial charge is 0.399 e. The molecule has 5 rings (SSSR count). The second kappa shape index (κ2) is 10.2. The molecule has 10 heteroatoms. The molecule has 2 fully saturated rings. The van der Waals surface area contributed by atoms with Crippen molar-refractivity contribution in [1.29, 1.82) is 0 Å². The monoisotopic (exact) mass is 496 g/mol. The van der Waals surface area contributed by atoms with E-state index in [4.69, 9.17) is 10.5 Å². The van der Waals surface area contributed by atoms with Gasteiger partial charge < -0.3 is 25.6 Å². The van der Waals surface area contributed by atoms with E-state index >= 15 is 0 Å². The maximum Gasteiger partial charge on any atom is 0.263 e. The third-order valence-electron chi connectivity index (χ3n) is 6.98. The fourth-order valence-electron chi connectivity index (χ4n) is 4.92. The Bertz CT molecular complexity index is 1240. The molecule has 0 spiro atoms. The summed E-state index contributed by atoms with van der Waals surface area (Å²) in [7, 11) is 0. The molecule has 0 saturated carbocycles. The number of nitrogens with zero attached hydrogens (tertiary/aromatic N) is 4. The van der Waals surface area contributed by atoms with Gasteiger partial charge in [0, 0.05) is 61.2 Å². The zero-order valence-electron chi connectivity index (χ0n) is 20.2. The lowest BCUT2D eigenvalue weighted by Gasteiger charge is -2.37. The molecule has 2 atom stereocenters. The highest BCUT2D eigenvalue weighted by Crippen LogP contribution is 2.31. The number of nitrogens with one attached hydrogen (secondary N) is 1. The summed E-state index contributed by atoms with van der Waals surface area (Å²) in [5.41, 5.74) is 9.25. The Labute approximate surface area is 208 Å². The maximum absolute atomic E-state index is 13.3. The van der Waals surface area contributed by atoms with Crippen LogP contribution in [-0.4, -0.2) is 60.4 Å². The first-order valence-electron chi connectivity index (χ1n) is 12.2. The van der Waals surface area contributed by atoms with Crippen LogP contribution in [0.15, 0.2) is 42.6 Å². The molecule has 2 aromatic carbocycles. The Morgan fingerprint density at radius 1 is 1.14 bits per heavy atom. The van der Waals surface area contributed by atoms with Gasteiger partial charge in [-0.15, -0.1) is 0 Å². The van der Waals surface area contributed by atoms with Crippen molar-refractivity contribution in [2.24, 2.45) is 5.92 Å². The van der Waals surface area contributed by atoms with Crippen molar-refractivity contribution in [3.8, 4) is 0 Å². The van der Waals surface area contributed by atoms with Gasteiger partial charge in [-0.1, -0.05) is 0 Å². The number of piperazine rings is 1. The molecule has 0 bridgehead atoms. The van der Waals surface area contributed by atoms with Crippen LogP contribution in [0.4, 0.5) is 25.8 Å². The quantitative estimate of drug-likeness (QED) is 0.498. The first-order valence-corrected chi connectivity index (χ1v) is 12.2. The number of fused-ring (bicyclic) bond motifs is 1. The van der Waals surface area contributed by atoms with Crippen LogP contribution in [0.2, 0.25) is 0 Å². The summed E-state index contributed by atoms with van der Waals surface area (Å²) in [5, 5.41) is 12.6. The fraction of sp³-hybridized carbons (Fsp3) is 0.423. The lowest BCUT2D eigenvalue weighted by Crippen LogP contribution is -2.50. The number of nitrogens with two attached hydrogens (primary N) is 1. The Morgan fingerprint density at radius 3 is 2.64 bits per heavy atom. The summed E-state index contributed by atoms with van der Waals surface area (Å²) >= 11 is 0. The van der Waals surface area contributed by atoms with Crippen molar-refractivity contribution in [3.05, 3.63) is 53.7 Å². The number of alkyl halides is 2. The average molecular weight is 497 g/mol. The number of carbonyl (C=O) groups excluding carboxylic acids is 1.